The molecule has 0 bridgehead atoms. The Balaban J connectivity index is 1.20. The van der Waals surface area contributed by atoms with Crippen LogP contribution in [0.4, 0.5) is 10.1 Å². The first-order valence-corrected chi connectivity index (χ1v) is 11.9. The molecule has 1 amide bonds. The zero-order valence-corrected chi connectivity index (χ0v) is 19.2. The van der Waals surface area contributed by atoms with Gasteiger partial charge in [0.15, 0.2) is 4.96 Å². The number of aryl methyl sites for hydroxylation is 1. The Morgan fingerprint density at radius 2 is 1.94 bits per heavy atom. The molecule has 0 saturated carbocycles. The fourth-order valence-corrected chi connectivity index (χ4v) is 5.13. The number of ether oxygens (including phenoxy) is 1. The molecular weight excluding hydrogens is 439 g/mol. The Bertz CT molecular complexity index is 1280. The van der Waals surface area contributed by atoms with Gasteiger partial charge < -0.3 is 14.5 Å². The van der Waals surface area contributed by atoms with Crippen LogP contribution in [0.25, 0.3) is 16.2 Å². The number of rotatable bonds is 6. The maximum absolute atomic E-state index is 14.1. The molecular formula is C25H25FN4O2S. The van der Waals surface area contributed by atoms with E-state index in [0.29, 0.717) is 37.2 Å². The lowest BCUT2D eigenvalue weighted by Crippen LogP contribution is -2.48. The number of hydrogen-bond acceptors (Lipinski definition) is 5. The van der Waals surface area contributed by atoms with Crippen molar-refractivity contribution in [3.8, 4) is 17.0 Å². The number of carbonyl (C=O) groups is 1. The Morgan fingerprint density at radius 1 is 1.12 bits per heavy atom. The quantitative estimate of drug-likeness (QED) is 0.422. The Morgan fingerprint density at radius 3 is 2.73 bits per heavy atom. The van der Waals surface area contributed by atoms with E-state index in [1.807, 2.05) is 39.1 Å². The highest BCUT2D eigenvalue weighted by molar-refractivity contribution is 7.15. The maximum atomic E-state index is 14.1. The van der Waals surface area contributed by atoms with Crippen molar-refractivity contribution in [1.82, 2.24) is 14.3 Å². The van der Waals surface area contributed by atoms with Gasteiger partial charge in [-0.25, -0.2) is 9.37 Å². The van der Waals surface area contributed by atoms with Crippen LogP contribution in [0.2, 0.25) is 0 Å². The van der Waals surface area contributed by atoms with Gasteiger partial charge in [0.1, 0.15) is 11.6 Å². The molecule has 0 radical (unpaired) electrons. The van der Waals surface area contributed by atoms with Crippen molar-refractivity contribution in [1.29, 1.82) is 0 Å². The van der Waals surface area contributed by atoms with Gasteiger partial charge in [0.05, 0.1) is 12.8 Å². The number of imidazole rings is 1. The summed E-state index contributed by atoms with van der Waals surface area (Å²) in [5, 5.41) is 2.03. The first-order valence-electron chi connectivity index (χ1n) is 11.0. The zero-order valence-electron chi connectivity index (χ0n) is 18.4. The predicted molar refractivity (Wildman–Crippen MR) is 129 cm³/mol. The summed E-state index contributed by atoms with van der Waals surface area (Å²) in [5.74, 6) is 0.716. The van der Waals surface area contributed by atoms with Crippen LogP contribution in [0.5, 0.6) is 5.75 Å². The highest BCUT2D eigenvalue weighted by Gasteiger charge is 2.22. The molecule has 2 aromatic carbocycles. The molecule has 8 heteroatoms. The molecule has 0 atom stereocenters. The number of hydrogen-bond donors (Lipinski definition) is 0. The van der Waals surface area contributed by atoms with Crippen LogP contribution in [0.3, 0.4) is 0 Å². The van der Waals surface area contributed by atoms with Gasteiger partial charge in [0.2, 0.25) is 5.91 Å². The monoisotopic (exact) mass is 464 g/mol. The van der Waals surface area contributed by atoms with Gasteiger partial charge in [-0.1, -0.05) is 18.2 Å². The average Bonchev–Trinajstić information content (AvgIpc) is 3.44. The second kappa shape index (κ2) is 9.23. The van der Waals surface area contributed by atoms with Crippen molar-refractivity contribution in [3.63, 3.8) is 0 Å². The average molecular weight is 465 g/mol. The van der Waals surface area contributed by atoms with Crippen LogP contribution in [0.1, 0.15) is 12.1 Å². The highest BCUT2D eigenvalue weighted by Crippen LogP contribution is 2.26. The number of thiazole rings is 1. The molecule has 2 aromatic heterocycles. The third-order valence-corrected chi connectivity index (χ3v) is 6.97. The van der Waals surface area contributed by atoms with Gasteiger partial charge in [-0.05, 0) is 30.7 Å². The number of anilines is 1. The van der Waals surface area contributed by atoms with Crippen LogP contribution in [0, 0.1) is 5.82 Å². The molecule has 4 aromatic rings. The molecule has 1 aliphatic heterocycles. The lowest BCUT2D eigenvalue weighted by molar-refractivity contribution is -0.131. The summed E-state index contributed by atoms with van der Waals surface area (Å²) in [6.07, 6.45) is 2.93. The summed E-state index contributed by atoms with van der Waals surface area (Å²) in [7, 11) is 1.67. The predicted octanol–water partition coefficient (Wildman–Crippen LogP) is 4.49. The Hall–Kier alpha value is -3.39. The van der Waals surface area contributed by atoms with E-state index in [4.69, 9.17) is 4.74 Å². The molecule has 0 spiro atoms. The second-order valence-corrected chi connectivity index (χ2v) is 8.89. The van der Waals surface area contributed by atoms with Gasteiger partial charge in [0, 0.05) is 67.2 Å². The minimum absolute atomic E-state index is 0.161. The van der Waals surface area contributed by atoms with E-state index in [2.05, 4.69) is 16.0 Å². The highest BCUT2D eigenvalue weighted by atomic mass is 32.1. The third-order valence-electron chi connectivity index (χ3n) is 6.08. The van der Waals surface area contributed by atoms with Gasteiger partial charge in [-0.15, -0.1) is 11.3 Å². The van der Waals surface area contributed by atoms with E-state index in [1.54, 1.807) is 25.3 Å². The number of piperazine rings is 1. The maximum Gasteiger partial charge on any atom is 0.223 e. The van der Waals surface area contributed by atoms with E-state index < -0.39 is 0 Å². The lowest BCUT2D eigenvalue weighted by atomic mass is 10.1. The number of nitrogens with zero attached hydrogens (tertiary/aromatic N) is 4. The van der Waals surface area contributed by atoms with Crippen LogP contribution in [0.15, 0.2) is 60.1 Å². The van der Waals surface area contributed by atoms with E-state index in [-0.39, 0.29) is 11.7 Å². The SMILES string of the molecule is COc1cccc(N2CCN(C(=O)CCc3csc4nc(-c5ccccc5F)cn34)CC2)c1. The van der Waals surface area contributed by atoms with E-state index in [1.165, 1.54) is 17.4 Å². The Labute approximate surface area is 195 Å². The lowest BCUT2D eigenvalue weighted by Gasteiger charge is -2.36. The number of amides is 1. The molecule has 0 aliphatic carbocycles. The third kappa shape index (κ3) is 4.43. The summed E-state index contributed by atoms with van der Waals surface area (Å²) in [6, 6.07) is 14.7. The van der Waals surface area contributed by atoms with Crippen molar-refractivity contribution < 1.29 is 13.9 Å². The summed E-state index contributed by atoms with van der Waals surface area (Å²) >= 11 is 1.51. The summed E-state index contributed by atoms with van der Waals surface area (Å²) < 4.78 is 21.4. The minimum atomic E-state index is -0.284. The number of carbonyl (C=O) groups excluding carboxylic acids is 1. The van der Waals surface area contributed by atoms with Gasteiger partial charge >= 0.3 is 0 Å². The molecule has 1 saturated heterocycles. The molecule has 3 heterocycles. The van der Waals surface area contributed by atoms with Gasteiger partial charge in [0.25, 0.3) is 0 Å². The molecule has 0 N–H and O–H groups in total. The fraction of sp³-hybridized carbons (Fsp3) is 0.280. The van der Waals surface area contributed by atoms with Crippen LogP contribution < -0.4 is 9.64 Å². The van der Waals surface area contributed by atoms with Crippen molar-refractivity contribution in [2.45, 2.75) is 12.8 Å². The minimum Gasteiger partial charge on any atom is -0.497 e. The van der Waals surface area contributed by atoms with Crippen molar-refractivity contribution >= 4 is 27.9 Å². The zero-order chi connectivity index (χ0) is 22.8. The molecule has 0 unspecified atom stereocenters. The largest absolute Gasteiger partial charge is 0.497 e. The van der Waals surface area contributed by atoms with Crippen molar-refractivity contribution in [2.24, 2.45) is 0 Å². The molecule has 5 rings (SSSR count). The number of fused-ring (bicyclic) bond motifs is 1. The van der Waals surface area contributed by atoms with Crippen LogP contribution in [-0.4, -0.2) is 53.5 Å². The topological polar surface area (TPSA) is 50.1 Å². The number of halogens is 1. The number of methoxy groups -OCH3 is 1. The van der Waals surface area contributed by atoms with Gasteiger partial charge in [-0.2, -0.15) is 0 Å². The summed E-state index contributed by atoms with van der Waals surface area (Å²) in [4.78, 5) is 22.5. The van der Waals surface area contributed by atoms with Crippen molar-refractivity contribution in [2.75, 3.05) is 38.2 Å². The summed E-state index contributed by atoms with van der Waals surface area (Å²) in [5.41, 5.74) is 3.24. The molecule has 33 heavy (non-hydrogen) atoms. The van der Waals surface area contributed by atoms with E-state index >= 15 is 0 Å². The van der Waals surface area contributed by atoms with Gasteiger partial charge in [-0.3, -0.25) is 9.20 Å². The van der Waals surface area contributed by atoms with E-state index in [0.717, 1.165) is 35.2 Å². The smallest absolute Gasteiger partial charge is 0.223 e. The standard InChI is InChI=1S/C25H25FN4O2S/c1-32-20-6-4-5-18(15-20)28-11-13-29(14-12-28)24(31)10-9-19-17-33-25-27-23(16-30(19)25)21-7-2-3-8-22(21)26/h2-8,15-17H,9-14H2,1H3. The first-order chi connectivity index (χ1) is 16.1. The number of benzene rings is 2. The molecule has 6 nitrogen and oxygen atoms in total. The second-order valence-electron chi connectivity index (χ2n) is 8.05. The number of aromatic nitrogens is 2. The molecule has 1 fully saturated rings. The normalized spacial score (nSPS) is 14.1. The Kier molecular flexibility index (Phi) is 6.00. The fourth-order valence-electron chi connectivity index (χ4n) is 4.22. The van der Waals surface area contributed by atoms with Crippen molar-refractivity contribution in [3.05, 3.63) is 71.6 Å². The molecule has 1 aliphatic rings. The van der Waals surface area contributed by atoms with Crippen LogP contribution in [-0.2, 0) is 11.2 Å². The van der Waals surface area contributed by atoms with E-state index in [9.17, 15) is 9.18 Å². The molecule has 170 valence electrons. The summed E-state index contributed by atoms with van der Waals surface area (Å²) in [6.45, 7) is 3.01. The van der Waals surface area contributed by atoms with Crippen LogP contribution >= 0.6 is 11.3 Å². The first kappa shape index (κ1) is 21.5.